The summed E-state index contributed by atoms with van der Waals surface area (Å²) in [5.74, 6) is -1.84. The van der Waals surface area contributed by atoms with Crippen molar-refractivity contribution in [1.29, 1.82) is 0 Å². The van der Waals surface area contributed by atoms with Gasteiger partial charge in [-0.2, -0.15) is 0 Å². The maximum Gasteiger partial charge on any atom is 0.214 e. The van der Waals surface area contributed by atoms with Crippen molar-refractivity contribution in [2.24, 2.45) is 0 Å². The zero-order chi connectivity index (χ0) is 21.6. The lowest BCUT2D eigenvalue weighted by molar-refractivity contribution is 0.104. The summed E-state index contributed by atoms with van der Waals surface area (Å²) in [5, 5.41) is 0. The molecule has 7 heteroatoms. The molecule has 152 valence electrons. The highest BCUT2D eigenvalue weighted by atomic mass is 32.2. The summed E-state index contributed by atoms with van der Waals surface area (Å²) in [6.45, 7) is 3.44. The minimum absolute atomic E-state index is 0.0127. The molecule has 0 amide bonds. The van der Waals surface area contributed by atoms with Gasteiger partial charge in [0.25, 0.3) is 0 Å². The Balaban J connectivity index is 1.94. The molecule has 0 radical (unpaired) electrons. The van der Waals surface area contributed by atoms with E-state index >= 15 is 0 Å². The van der Waals surface area contributed by atoms with Crippen LogP contribution in [0.1, 0.15) is 21.5 Å². The molecule has 1 heterocycles. The Labute approximate surface area is 173 Å². The first-order valence-corrected chi connectivity index (χ1v) is 10.6. The Hall–Kier alpha value is -3.32. The average molecular weight is 425 g/mol. The van der Waals surface area contributed by atoms with Gasteiger partial charge in [0.2, 0.25) is 15.6 Å². The van der Waals surface area contributed by atoms with Crippen LogP contribution in [0.5, 0.6) is 0 Å². The second kappa shape index (κ2) is 7.18. The van der Waals surface area contributed by atoms with Gasteiger partial charge in [-0.3, -0.25) is 4.79 Å². The zero-order valence-electron chi connectivity index (χ0n) is 16.2. The van der Waals surface area contributed by atoms with Crippen LogP contribution >= 0.6 is 0 Å². The highest BCUT2D eigenvalue weighted by Gasteiger charge is 2.36. The highest BCUT2D eigenvalue weighted by molar-refractivity contribution is 7.96. The number of carbonyl (C=O) groups excluding carboxylic acids is 1. The van der Waals surface area contributed by atoms with E-state index in [-0.39, 0.29) is 21.8 Å². The molecule has 3 aromatic carbocycles. The molecule has 4 rings (SSSR count). The van der Waals surface area contributed by atoms with Crippen molar-refractivity contribution in [1.82, 2.24) is 0 Å². The quantitative estimate of drug-likeness (QED) is 0.426. The molecule has 0 unspecified atom stereocenters. The number of hydrogen-bond donors (Lipinski definition) is 0. The van der Waals surface area contributed by atoms with Gasteiger partial charge >= 0.3 is 0 Å². The molecule has 4 nitrogen and oxygen atoms in total. The summed E-state index contributed by atoms with van der Waals surface area (Å²) in [7, 11) is -4.21. The van der Waals surface area contributed by atoms with Crippen LogP contribution in [0.3, 0.4) is 0 Å². The fourth-order valence-electron chi connectivity index (χ4n) is 3.25. The first-order chi connectivity index (χ1) is 14.2. The van der Waals surface area contributed by atoms with Crippen molar-refractivity contribution >= 4 is 27.0 Å². The van der Waals surface area contributed by atoms with Gasteiger partial charge in [0, 0.05) is 17.5 Å². The van der Waals surface area contributed by atoms with Crippen LogP contribution in [-0.2, 0) is 9.84 Å². The number of carbonyl (C=O) groups is 1. The van der Waals surface area contributed by atoms with E-state index < -0.39 is 32.2 Å². The number of hydrogen-bond acceptors (Lipinski definition) is 4. The van der Waals surface area contributed by atoms with E-state index in [1.54, 1.807) is 37.3 Å². The number of nitrogens with zero attached hydrogens (tertiary/aromatic N) is 1. The summed E-state index contributed by atoms with van der Waals surface area (Å²) in [6, 6.07) is 14.0. The number of anilines is 2. The van der Waals surface area contributed by atoms with E-state index in [2.05, 4.69) is 0 Å². The normalized spacial score (nSPS) is 14.8. The van der Waals surface area contributed by atoms with Crippen LogP contribution in [0.2, 0.25) is 0 Å². The number of allylic oxidation sites excluding steroid dienone is 1. The summed E-state index contributed by atoms with van der Waals surface area (Å²) in [4.78, 5) is 13.7. The van der Waals surface area contributed by atoms with Crippen molar-refractivity contribution in [3.05, 3.63) is 100 Å². The van der Waals surface area contributed by atoms with Gasteiger partial charge in [-0.05, 0) is 49.7 Å². The van der Waals surface area contributed by atoms with Gasteiger partial charge in [-0.1, -0.05) is 35.9 Å². The number of halogens is 2. The number of rotatable bonds is 3. The Morgan fingerprint density at radius 2 is 1.60 bits per heavy atom. The van der Waals surface area contributed by atoms with E-state index in [1.807, 2.05) is 6.92 Å². The summed E-state index contributed by atoms with van der Waals surface area (Å²) in [6.07, 6.45) is 1.13. The van der Waals surface area contributed by atoms with Crippen LogP contribution in [-0.4, -0.2) is 14.2 Å². The second-order valence-corrected chi connectivity index (χ2v) is 8.99. The lowest BCUT2D eigenvalue weighted by Crippen LogP contribution is -2.26. The number of fused-ring (bicyclic) bond motifs is 1. The molecule has 0 saturated heterocycles. The molecule has 0 bridgehead atoms. The molecule has 0 fully saturated rings. The molecule has 1 aliphatic rings. The van der Waals surface area contributed by atoms with E-state index in [0.717, 1.165) is 30.0 Å². The van der Waals surface area contributed by atoms with Crippen molar-refractivity contribution in [3.63, 3.8) is 0 Å². The molecule has 0 N–H and O–H groups in total. The summed E-state index contributed by atoms with van der Waals surface area (Å²) >= 11 is 0. The number of benzene rings is 3. The molecular weight excluding hydrogens is 408 g/mol. The smallest absolute Gasteiger partial charge is 0.214 e. The minimum atomic E-state index is -4.21. The molecule has 0 saturated carbocycles. The van der Waals surface area contributed by atoms with Gasteiger partial charge in [0.15, 0.2) is 0 Å². The average Bonchev–Trinajstić information content (AvgIpc) is 2.70. The Morgan fingerprint density at radius 1 is 0.900 bits per heavy atom. The first-order valence-electron chi connectivity index (χ1n) is 9.12. The van der Waals surface area contributed by atoms with E-state index in [9.17, 15) is 22.0 Å². The third-order valence-electron chi connectivity index (χ3n) is 4.98. The predicted octanol–water partition coefficient (Wildman–Crippen LogP) is 5.23. The topological polar surface area (TPSA) is 54.5 Å². The Bertz CT molecular complexity index is 1310. The van der Waals surface area contributed by atoms with Crippen LogP contribution in [0.4, 0.5) is 20.2 Å². The van der Waals surface area contributed by atoms with E-state index in [4.69, 9.17) is 0 Å². The molecule has 0 atom stereocenters. The van der Waals surface area contributed by atoms with Crippen LogP contribution in [0.15, 0.2) is 76.7 Å². The SMILES string of the molecule is Cc1ccc(C(=O)C2=CN(c3ccc(C)c(F)c3)c3cc(F)ccc3S2(=O)=O)cc1. The van der Waals surface area contributed by atoms with Crippen LogP contribution in [0.25, 0.3) is 0 Å². The van der Waals surface area contributed by atoms with Gasteiger partial charge in [-0.25, -0.2) is 17.2 Å². The van der Waals surface area contributed by atoms with Crippen molar-refractivity contribution in [2.45, 2.75) is 18.7 Å². The molecule has 3 aromatic rings. The van der Waals surface area contributed by atoms with Crippen LogP contribution < -0.4 is 4.90 Å². The van der Waals surface area contributed by atoms with Crippen molar-refractivity contribution in [3.8, 4) is 0 Å². The highest BCUT2D eigenvalue weighted by Crippen LogP contribution is 2.41. The maximum absolute atomic E-state index is 14.2. The lowest BCUT2D eigenvalue weighted by Gasteiger charge is -2.29. The molecular formula is C23H17F2NO3S. The van der Waals surface area contributed by atoms with Gasteiger partial charge < -0.3 is 4.90 Å². The minimum Gasteiger partial charge on any atom is -0.314 e. The monoisotopic (exact) mass is 425 g/mol. The molecule has 0 spiro atoms. The maximum atomic E-state index is 14.2. The summed E-state index contributed by atoms with van der Waals surface area (Å²) in [5.41, 5.74) is 1.82. The molecule has 0 aliphatic carbocycles. The number of ketones is 1. The predicted molar refractivity (Wildman–Crippen MR) is 110 cm³/mol. The second-order valence-electron chi connectivity index (χ2n) is 7.11. The fourth-order valence-corrected chi connectivity index (χ4v) is 4.78. The van der Waals surface area contributed by atoms with Crippen molar-refractivity contribution < 1.29 is 22.0 Å². The molecule has 30 heavy (non-hydrogen) atoms. The standard InChI is InChI=1S/C23H17F2NO3S/c1-14-3-6-16(7-4-14)23(27)22-13-26(18-9-5-15(2)19(25)12-18)20-11-17(24)8-10-21(20)30(22,28)29/h3-13H,1-2H3. The van der Waals surface area contributed by atoms with Crippen LogP contribution in [0, 0.1) is 25.5 Å². The van der Waals surface area contributed by atoms with Gasteiger partial charge in [0.1, 0.15) is 16.5 Å². The third kappa shape index (κ3) is 3.31. The first kappa shape index (κ1) is 20.0. The zero-order valence-corrected chi connectivity index (χ0v) is 17.0. The third-order valence-corrected chi connectivity index (χ3v) is 6.77. The summed E-state index contributed by atoms with van der Waals surface area (Å²) < 4.78 is 54.5. The molecule has 1 aliphatic heterocycles. The molecule has 0 aromatic heterocycles. The van der Waals surface area contributed by atoms with E-state index in [0.29, 0.717) is 5.56 Å². The Kier molecular flexibility index (Phi) is 4.78. The van der Waals surface area contributed by atoms with Gasteiger partial charge in [0.05, 0.1) is 10.6 Å². The van der Waals surface area contributed by atoms with E-state index in [1.165, 1.54) is 17.0 Å². The largest absolute Gasteiger partial charge is 0.314 e. The Morgan fingerprint density at radius 3 is 2.27 bits per heavy atom. The number of sulfone groups is 1. The fraction of sp³-hybridized carbons (Fsp3) is 0.0870. The lowest BCUT2D eigenvalue weighted by atomic mass is 10.1. The van der Waals surface area contributed by atoms with Crippen molar-refractivity contribution in [2.75, 3.05) is 4.90 Å². The number of aryl methyl sites for hydroxylation is 2. The number of Topliss-reactive ketones (excluding diaryl/α,β-unsaturated/α-hetero) is 1. The van der Waals surface area contributed by atoms with Gasteiger partial charge in [-0.15, -0.1) is 0 Å².